The highest BCUT2D eigenvalue weighted by atomic mass is 127. The Hall–Kier alpha value is -1.02. The van der Waals surface area contributed by atoms with E-state index in [4.69, 9.17) is 9.47 Å². The van der Waals surface area contributed by atoms with Crippen LogP contribution in [0.5, 0.6) is 5.75 Å². The summed E-state index contributed by atoms with van der Waals surface area (Å²) in [5.74, 6) is 1.71. The summed E-state index contributed by atoms with van der Waals surface area (Å²) in [7, 11) is 1.79. The van der Waals surface area contributed by atoms with Crippen LogP contribution in [0.1, 0.15) is 31.7 Å². The van der Waals surface area contributed by atoms with Gasteiger partial charge in [-0.1, -0.05) is 12.1 Å². The van der Waals surface area contributed by atoms with E-state index >= 15 is 0 Å². The van der Waals surface area contributed by atoms with E-state index in [0.717, 1.165) is 31.3 Å². The summed E-state index contributed by atoms with van der Waals surface area (Å²) in [4.78, 5) is 4.24. The summed E-state index contributed by atoms with van der Waals surface area (Å²) in [6.45, 7) is 6.60. The summed E-state index contributed by atoms with van der Waals surface area (Å²) < 4.78 is 11.5. The van der Waals surface area contributed by atoms with Crippen LogP contribution in [0.4, 0.5) is 0 Å². The van der Waals surface area contributed by atoms with Crippen molar-refractivity contribution in [2.45, 2.75) is 45.3 Å². The average Bonchev–Trinajstić information content (AvgIpc) is 3.04. The first-order chi connectivity index (χ1) is 11.2. The lowest BCUT2D eigenvalue weighted by atomic mass is 10.2. The Morgan fingerprint density at radius 2 is 2.25 bits per heavy atom. The minimum absolute atomic E-state index is 0. The van der Waals surface area contributed by atoms with Gasteiger partial charge in [0.25, 0.3) is 0 Å². The van der Waals surface area contributed by atoms with Crippen LogP contribution in [0.2, 0.25) is 0 Å². The summed E-state index contributed by atoms with van der Waals surface area (Å²) in [5.41, 5.74) is 1.20. The third kappa shape index (κ3) is 7.70. The minimum atomic E-state index is 0. The third-order valence-electron chi connectivity index (χ3n) is 3.89. The van der Waals surface area contributed by atoms with Crippen LogP contribution in [0.15, 0.2) is 29.3 Å². The molecule has 1 aliphatic heterocycles. The number of aryl methyl sites for hydroxylation is 1. The van der Waals surface area contributed by atoms with Gasteiger partial charge in [-0.25, -0.2) is 0 Å². The second kappa shape index (κ2) is 11.5. The van der Waals surface area contributed by atoms with Crippen molar-refractivity contribution in [3.63, 3.8) is 0 Å². The molecule has 1 aromatic carbocycles. The van der Waals surface area contributed by atoms with Gasteiger partial charge in [-0.3, -0.25) is 4.99 Å². The zero-order valence-corrected chi connectivity index (χ0v) is 17.2. The van der Waals surface area contributed by atoms with Crippen LogP contribution in [-0.2, 0) is 4.74 Å². The van der Waals surface area contributed by atoms with Gasteiger partial charge in [0.2, 0.25) is 0 Å². The average molecular weight is 447 g/mol. The Morgan fingerprint density at radius 3 is 2.92 bits per heavy atom. The van der Waals surface area contributed by atoms with E-state index in [-0.39, 0.29) is 30.1 Å². The van der Waals surface area contributed by atoms with Gasteiger partial charge in [0.1, 0.15) is 11.9 Å². The van der Waals surface area contributed by atoms with Gasteiger partial charge in [-0.2, -0.15) is 0 Å². The molecule has 2 unspecified atom stereocenters. The molecule has 0 saturated carbocycles. The summed E-state index contributed by atoms with van der Waals surface area (Å²) in [6, 6.07) is 8.11. The van der Waals surface area contributed by atoms with Gasteiger partial charge < -0.3 is 20.1 Å². The van der Waals surface area contributed by atoms with Crippen LogP contribution >= 0.6 is 24.0 Å². The zero-order valence-electron chi connectivity index (χ0n) is 14.9. The maximum atomic E-state index is 5.91. The summed E-state index contributed by atoms with van der Waals surface area (Å²) >= 11 is 0. The molecule has 136 valence electrons. The zero-order chi connectivity index (χ0) is 16.5. The summed E-state index contributed by atoms with van der Waals surface area (Å²) in [6.07, 6.45) is 3.86. The highest BCUT2D eigenvalue weighted by Crippen LogP contribution is 2.14. The molecule has 0 spiro atoms. The lowest BCUT2D eigenvalue weighted by Crippen LogP contribution is -2.42. The molecule has 0 bridgehead atoms. The molecule has 0 aromatic heterocycles. The van der Waals surface area contributed by atoms with Gasteiger partial charge in [0, 0.05) is 20.2 Å². The normalized spacial score (nSPS) is 18.6. The van der Waals surface area contributed by atoms with E-state index in [1.54, 1.807) is 7.05 Å². The van der Waals surface area contributed by atoms with E-state index in [0.29, 0.717) is 12.6 Å². The van der Waals surface area contributed by atoms with Crippen LogP contribution in [0, 0.1) is 6.92 Å². The van der Waals surface area contributed by atoms with Crippen LogP contribution in [0.3, 0.4) is 0 Å². The molecule has 2 N–H and O–H groups in total. The monoisotopic (exact) mass is 447 g/mol. The first-order valence-corrected chi connectivity index (χ1v) is 8.47. The largest absolute Gasteiger partial charge is 0.489 e. The fraction of sp³-hybridized carbons (Fsp3) is 0.611. The maximum absolute atomic E-state index is 5.91. The van der Waals surface area contributed by atoms with Crippen LogP contribution in [0.25, 0.3) is 0 Å². The predicted octanol–water partition coefficient (Wildman–Crippen LogP) is 3.11. The van der Waals surface area contributed by atoms with Gasteiger partial charge in [-0.05, 0) is 50.8 Å². The molecular weight excluding hydrogens is 417 g/mol. The first-order valence-electron chi connectivity index (χ1n) is 8.47. The van der Waals surface area contributed by atoms with Gasteiger partial charge in [0.05, 0.1) is 12.6 Å². The molecule has 1 fully saturated rings. The maximum Gasteiger partial charge on any atom is 0.191 e. The van der Waals surface area contributed by atoms with Crippen molar-refractivity contribution in [2.75, 3.05) is 26.7 Å². The molecule has 1 heterocycles. The fourth-order valence-corrected chi connectivity index (χ4v) is 2.65. The number of rotatable bonds is 7. The second-order valence-electron chi connectivity index (χ2n) is 6.05. The number of ether oxygens (including phenoxy) is 2. The first kappa shape index (κ1) is 21.0. The lowest BCUT2D eigenvalue weighted by Gasteiger charge is -2.18. The topological polar surface area (TPSA) is 54.9 Å². The van der Waals surface area contributed by atoms with Crippen molar-refractivity contribution in [3.05, 3.63) is 29.8 Å². The molecule has 2 rings (SSSR count). The molecule has 1 saturated heterocycles. The number of guanidine groups is 1. The lowest BCUT2D eigenvalue weighted by molar-refractivity contribution is 0.105. The van der Waals surface area contributed by atoms with E-state index in [9.17, 15) is 0 Å². The molecule has 24 heavy (non-hydrogen) atoms. The van der Waals surface area contributed by atoms with Crippen molar-refractivity contribution < 1.29 is 9.47 Å². The van der Waals surface area contributed by atoms with E-state index in [2.05, 4.69) is 35.5 Å². The van der Waals surface area contributed by atoms with Crippen molar-refractivity contribution in [1.82, 2.24) is 10.6 Å². The number of benzene rings is 1. The Bertz CT molecular complexity index is 505. The molecule has 2 atom stereocenters. The number of aliphatic imine (C=N–C) groups is 1. The number of nitrogens with one attached hydrogen (secondary N) is 2. The van der Waals surface area contributed by atoms with Gasteiger partial charge in [-0.15, -0.1) is 24.0 Å². The Morgan fingerprint density at radius 1 is 1.42 bits per heavy atom. The third-order valence-corrected chi connectivity index (χ3v) is 3.89. The highest BCUT2D eigenvalue weighted by Gasteiger charge is 2.14. The molecular formula is C18H30IN3O2. The van der Waals surface area contributed by atoms with Crippen molar-refractivity contribution in [2.24, 2.45) is 4.99 Å². The van der Waals surface area contributed by atoms with E-state index < -0.39 is 0 Å². The molecule has 0 amide bonds. The van der Waals surface area contributed by atoms with Gasteiger partial charge in [0.15, 0.2) is 5.96 Å². The fourth-order valence-electron chi connectivity index (χ4n) is 2.65. The van der Waals surface area contributed by atoms with E-state index in [1.807, 2.05) is 18.2 Å². The molecule has 6 heteroatoms. The smallest absolute Gasteiger partial charge is 0.191 e. The molecule has 0 radical (unpaired) electrons. The number of halogens is 1. The quantitative estimate of drug-likeness (QED) is 0.383. The Kier molecular flexibility index (Phi) is 10.1. The second-order valence-corrected chi connectivity index (χ2v) is 6.05. The Balaban J connectivity index is 0.00000288. The van der Waals surface area contributed by atoms with Gasteiger partial charge >= 0.3 is 0 Å². The predicted molar refractivity (Wildman–Crippen MR) is 110 cm³/mol. The SMILES string of the molecule is CN=C(NCCC1CCCO1)NCC(C)Oc1cccc(C)c1.I. The molecule has 1 aromatic rings. The highest BCUT2D eigenvalue weighted by molar-refractivity contribution is 14.0. The minimum Gasteiger partial charge on any atom is -0.489 e. The number of nitrogens with zero attached hydrogens (tertiary/aromatic N) is 1. The molecule has 1 aliphatic rings. The number of hydrogen-bond acceptors (Lipinski definition) is 3. The standard InChI is InChI=1S/C18H29N3O2.HI/c1-14-6-4-7-17(12-14)23-15(2)13-21-18(19-3)20-10-9-16-8-5-11-22-16;/h4,6-7,12,15-16H,5,8-11,13H2,1-3H3,(H2,19,20,21);1H. The van der Waals surface area contributed by atoms with Crippen molar-refractivity contribution >= 4 is 29.9 Å². The molecule has 0 aliphatic carbocycles. The van der Waals surface area contributed by atoms with Crippen LogP contribution in [-0.4, -0.2) is 44.9 Å². The Labute approximate surface area is 162 Å². The summed E-state index contributed by atoms with van der Waals surface area (Å²) in [5, 5.41) is 6.63. The molecule has 5 nitrogen and oxygen atoms in total. The van der Waals surface area contributed by atoms with Crippen LogP contribution < -0.4 is 15.4 Å². The number of hydrogen-bond donors (Lipinski definition) is 2. The van der Waals surface area contributed by atoms with E-state index in [1.165, 1.54) is 18.4 Å². The van der Waals surface area contributed by atoms with Crippen molar-refractivity contribution in [1.29, 1.82) is 0 Å². The van der Waals surface area contributed by atoms with Crippen molar-refractivity contribution in [3.8, 4) is 5.75 Å².